The zero-order valence-electron chi connectivity index (χ0n) is 9.23. The second-order valence-electron chi connectivity index (χ2n) is 4.27. The van der Waals surface area contributed by atoms with Crippen LogP contribution >= 0.6 is 0 Å². The molecule has 2 aromatic rings. The quantitative estimate of drug-likeness (QED) is 0.828. The van der Waals surface area contributed by atoms with Crippen LogP contribution in [0.15, 0.2) is 24.3 Å². The van der Waals surface area contributed by atoms with Gasteiger partial charge in [0.25, 0.3) is 0 Å². The second kappa shape index (κ2) is 3.73. The normalized spacial score (nSPS) is 13.6. The Labute approximate surface area is 98.3 Å². The van der Waals surface area contributed by atoms with Crippen molar-refractivity contribution >= 4 is 5.97 Å². The molecule has 0 unspecified atom stereocenters. The summed E-state index contributed by atoms with van der Waals surface area (Å²) in [6, 6.07) is 7.74. The van der Waals surface area contributed by atoms with Crippen LogP contribution in [0, 0.1) is 0 Å². The predicted molar refractivity (Wildman–Crippen MR) is 63.0 cm³/mol. The Kier molecular flexibility index (Phi) is 2.21. The largest absolute Gasteiger partial charge is 0.477 e. The number of hydrogen-bond acceptors (Lipinski definition) is 2. The van der Waals surface area contributed by atoms with Crippen molar-refractivity contribution in [3.8, 4) is 11.3 Å². The Morgan fingerprint density at radius 2 is 2.24 bits per heavy atom. The van der Waals surface area contributed by atoms with Crippen molar-refractivity contribution in [2.24, 2.45) is 0 Å². The van der Waals surface area contributed by atoms with E-state index in [1.807, 2.05) is 12.1 Å². The van der Waals surface area contributed by atoms with E-state index >= 15 is 0 Å². The molecule has 1 aromatic carbocycles. The lowest BCUT2D eigenvalue weighted by atomic mass is 10.0. The Balaban J connectivity index is 2.09. The van der Waals surface area contributed by atoms with E-state index in [1.54, 1.807) is 6.07 Å². The summed E-state index contributed by atoms with van der Waals surface area (Å²) < 4.78 is 0. The highest BCUT2D eigenvalue weighted by Gasteiger charge is 2.17. The topological polar surface area (TPSA) is 66.0 Å². The molecule has 2 N–H and O–H groups in total. The predicted octanol–water partition coefficient (Wildman–Crippen LogP) is 2.26. The number of aromatic nitrogens is 2. The fourth-order valence-electron chi connectivity index (χ4n) is 2.43. The molecule has 0 amide bonds. The van der Waals surface area contributed by atoms with Gasteiger partial charge in [-0.05, 0) is 36.5 Å². The first-order chi connectivity index (χ1) is 8.25. The van der Waals surface area contributed by atoms with Gasteiger partial charge in [0.15, 0.2) is 0 Å². The Morgan fingerprint density at radius 1 is 1.35 bits per heavy atom. The van der Waals surface area contributed by atoms with E-state index in [9.17, 15) is 4.79 Å². The first-order valence-electron chi connectivity index (χ1n) is 5.65. The zero-order valence-corrected chi connectivity index (χ0v) is 9.23. The van der Waals surface area contributed by atoms with Crippen molar-refractivity contribution in [1.82, 2.24) is 10.2 Å². The molecule has 0 bridgehead atoms. The number of H-pyrrole nitrogens is 1. The van der Waals surface area contributed by atoms with Crippen LogP contribution < -0.4 is 0 Å². The van der Waals surface area contributed by atoms with E-state index < -0.39 is 5.97 Å². The summed E-state index contributed by atoms with van der Waals surface area (Å²) in [6.45, 7) is 0. The third kappa shape index (κ3) is 1.62. The van der Waals surface area contributed by atoms with Gasteiger partial charge in [0.05, 0.1) is 5.69 Å². The van der Waals surface area contributed by atoms with Gasteiger partial charge < -0.3 is 5.11 Å². The van der Waals surface area contributed by atoms with E-state index in [1.165, 1.54) is 17.5 Å². The SMILES string of the molecule is O=C(O)c1cc(-c2cccc3c2CCC3)n[nH]1. The van der Waals surface area contributed by atoms with Crippen molar-refractivity contribution in [3.63, 3.8) is 0 Å². The fourth-order valence-corrected chi connectivity index (χ4v) is 2.43. The van der Waals surface area contributed by atoms with Crippen LogP contribution in [0.1, 0.15) is 28.0 Å². The Morgan fingerprint density at radius 3 is 3.00 bits per heavy atom. The van der Waals surface area contributed by atoms with Crippen LogP contribution in [0.25, 0.3) is 11.3 Å². The molecule has 17 heavy (non-hydrogen) atoms. The van der Waals surface area contributed by atoms with E-state index in [0.29, 0.717) is 0 Å². The maximum absolute atomic E-state index is 10.8. The molecule has 1 heterocycles. The molecular formula is C13H12N2O2. The van der Waals surface area contributed by atoms with Crippen LogP contribution in [0.3, 0.4) is 0 Å². The molecular weight excluding hydrogens is 216 g/mol. The van der Waals surface area contributed by atoms with Crippen molar-refractivity contribution in [1.29, 1.82) is 0 Å². The van der Waals surface area contributed by atoms with Crippen LogP contribution in [0.2, 0.25) is 0 Å². The number of rotatable bonds is 2. The summed E-state index contributed by atoms with van der Waals surface area (Å²) in [5.41, 5.74) is 4.60. The molecule has 4 heteroatoms. The monoisotopic (exact) mass is 228 g/mol. The first-order valence-corrected chi connectivity index (χ1v) is 5.65. The minimum absolute atomic E-state index is 0.135. The van der Waals surface area contributed by atoms with E-state index in [0.717, 1.165) is 24.1 Å². The molecule has 0 atom stereocenters. The van der Waals surface area contributed by atoms with Crippen molar-refractivity contribution in [2.45, 2.75) is 19.3 Å². The van der Waals surface area contributed by atoms with Gasteiger partial charge in [-0.3, -0.25) is 5.10 Å². The summed E-state index contributed by atoms with van der Waals surface area (Å²) in [6.07, 6.45) is 3.34. The lowest BCUT2D eigenvalue weighted by Crippen LogP contribution is -1.95. The number of nitrogens with zero attached hydrogens (tertiary/aromatic N) is 1. The molecule has 0 saturated carbocycles. The maximum Gasteiger partial charge on any atom is 0.353 e. The number of aryl methyl sites for hydroxylation is 1. The number of carbonyl (C=O) groups is 1. The van der Waals surface area contributed by atoms with Crippen LogP contribution in [0.5, 0.6) is 0 Å². The highest BCUT2D eigenvalue weighted by molar-refractivity contribution is 5.87. The molecule has 0 aliphatic heterocycles. The van der Waals surface area contributed by atoms with Crippen molar-refractivity contribution in [3.05, 3.63) is 41.1 Å². The fraction of sp³-hybridized carbons (Fsp3) is 0.231. The molecule has 0 radical (unpaired) electrons. The van der Waals surface area contributed by atoms with Crippen molar-refractivity contribution < 1.29 is 9.90 Å². The van der Waals surface area contributed by atoms with Crippen molar-refractivity contribution in [2.75, 3.05) is 0 Å². The number of nitrogens with one attached hydrogen (secondary N) is 1. The number of carboxylic acid groups (broad SMARTS) is 1. The molecule has 0 fully saturated rings. The van der Waals surface area contributed by atoms with Gasteiger partial charge in [0.1, 0.15) is 5.69 Å². The average molecular weight is 228 g/mol. The minimum Gasteiger partial charge on any atom is -0.477 e. The molecule has 0 saturated heterocycles. The number of carboxylic acids is 1. The minimum atomic E-state index is -0.976. The van der Waals surface area contributed by atoms with E-state index in [-0.39, 0.29) is 5.69 Å². The van der Waals surface area contributed by atoms with Gasteiger partial charge in [-0.2, -0.15) is 5.10 Å². The third-order valence-corrected chi connectivity index (χ3v) is 3.23. The van der Waals surface area contributed by atoms with E-state index in [2.05, 4.69) is 16.3 Å². The van der Waals surface area contributed by atoms with Gasteiger partial charge in [-0.1, -0.05) is 18.2 Å². The standard InChI is InChI=1S/C13H12N2O2/c16-13(17)12-7-11(14-15-12)10-6-2-4-8-3-1-5-9(8)10/h2,4,6-7H,1,3,5H2,(H,14,15)(H,16,17). The van der Waals surface area contributed by atoms with Gasteiger partial charge in [-0.25, -0.2) is 4.79 Å². The summed E-state index contributed by atoms with van der Waals surface area (Å²) >= 11 is 0. The Bertz CT molecular complexity index is 587. The van der Waals surface area contributed by atoms with Crippen LogP contribution in [0.4, 0.5) is 0 Å². The molecule has 1 aliphatic carbocycles. The lowest BCUT2D eigenvalue weighted by Gasteiger charge is -2.04. The molecule has 1 aliphatic rings. The van der Waals surface area contributed by atoms with Gasteiger partial charge in [-0.15, -0.1) is 0 Å². The molecule has 1 aromatic heterocycles. The highest BCUT2D eigenvalue weighted by Crippen LogP contribution is 2.31. The number of aromatic amines is 1. The summed E-state index contributed by atoms with van der Waals surface area (Å²) in [4.78, 5) is 10.8. The number of hydrogen-bond donors (Lipinski definition) is 2. The average Bonchev–Trinajstić information content (AvgIpc) is 2.97. The molecule has 3 rings (SSSR count). The zero-order chi connectivity index (χ0) is 11.8. The Hall–Kier alpha value is -2.10. The highest BCUT2D eigenvalue weighted by atomic mass is 16.4. The maximum atomic E-state index is 10.8. The van der Waals surface area contributed by atoms with Crippen LogP contribution in [-0.4, -0.2) is 21.3 Å². The number of benzene rings is 1. The van der Waals surface area contributed by atoms with Crippen LogP contribution in [-0.2, 0) is 12.8 Å². The summed E-state index contributed by atoms with van der Waals surface area (Å²) in [5, 5.41) is 15.5. The number of aromatic carboxylic acids is 1. The van der Waals surface area contributed by atoms with Gasteiger partial charge in [0, 0.05) is 5.56 Å². The summed E-state index contributed by atoms with van der Waals surface area (Å²) in [5.74, 6) is -0.976. The second-order valence-corrected chi connectivity index (χ2v) is 4.27. The first kappa shape index (κ1) is 10.1. The third-order valence-electron chi connectivity index (χ3n) is 3.23. The number of fused-ring (bicyclic) bond motifs is 1. The molecule has 4 nitrogen and oxygen atoms in total. The molecule has 0 spiro atoms. The van der Waals surface area contributed by atoms with E-state index in [4.69, 9.17) is 5.11 Å². The lowest BCUT2D eigenvalue weighted by molar-refractivity contribution is 0.0690. The van der Waals surface area contributed by atoms with Gasteiger partial charge >= 0.3 is 5.97 Å². The summed E-state index contributed by atoms with van der Waals surface area (Å²) in [7, 11) is 0. The van der Waals surface area contributed by atoms with Gasteiger partial charge in [0.2, 0.25) is 0 Å². The molecule has 86 valence electrons. The smallest absolute Gasteiger partial charge is 0.353 e.